The largest absolute Gasteiger partial charge is 0.309 e. The van der Waals surface area contributed by atoms with Crippen molar-refractivity contribution in [3.63, 3.8) is 0 Å². The van der Waals surface area contributed by atoms with Gasteiger partial charge < -0.3 is 4.90 Å². The lowest BCUT2D eigenvalue weighted by molar-refractivity contribution is 1.30. The lowest BCUT2D eigenvalue weighted by Crippen LogP contribution is -2.10. The molecule has 0 fully saturated rings. The van der Waals surface area contributed by atoms with E-state index in [1.807, 2.05) is 11.3 Å². The summed E-state index contributed by atoms with van der Waals surface area (Å²) in [5.41, 5.74) is 8.31. The molecule has 0 saturated heterocycles. The summed E-state index contributed by atoms with van der Waals surface area (Å²) < 4.78 is 2.63. The molecule has 1 aromatic heterocycles. The van der Waals surface area contributed by atoms with Gasteiger partial charge in [-0.1, -0.05) is 146 Å². The maximum atomic E-state index is 2.42. The number of hydrogen-bond acceptors (Lipinski definition) is 2. The summed E-state index contributed by atoms with van der Waals surface area (Å²) in [6.45, 7) is 0. The SMILES string of the molecule is c1ccc(-c2ccc(N(c3ccc(-c4ccccc4)cc3)c3cccc4c3sc3c5ccccc5c5ccccc5c43)cc2)cc1. The summed E-state index contributed by atoms with van der Waals surface area (Å²) in [5.74, 6) is 0. The van der Waals surface area contributed by atoms with E-state index in [4.69, 9.17) is 0 Å². The van der Waals surface area contributed by atoms with Crippen LogP contribution < -0.4 is 4.90 Å². The molecule has 0 unspecified atom stereocenters. The van der Waals surface area contributed by atoms with Crippen LogP contribution in [0.1, 0.15) is 0 Å². The molecule has 0 saturated carbocycles. The number of fused-ring (bicyclic) bond motifs is 8. The van der Waals surface area contributed by atoms with E-state index in [1.165, 1.54) is 69.7 Å². The van der Waals surface area contributed by atoms with E-state index in [1.54, 1.807) is 0 Å². The van der Waals surface area contributed by atoms with Gasteiger partial charge in [0, 0.05) is 32.2 Å². The quantitative estimate of drug-likeness (QED) is 0.177. The van der Waals surface area contributed by atoms with Crippen molar-refractivity contribution in [3.05, 3.63) is 176 Å². The molecular weight excluding hydrogens is 575 g/mol. The zero-order valence-electron chi connectivity index (χ0n) is 25.1. The molecule has 1 nitrogen and oxygen atoms in total. The van der Waals surface area contributed by atoms with E-state index < -0.39 is 0 Å². The van der Waals surface area contributed by atoms with E-state index in [-0.39, 0.29) is 0 Å². The highest BCUT2D eigenvalue weighted by molar-refractivity contribution is 7.27. The van der Waals surface area contributed by atoms with Gasteiger partial charge in [0.1, 0.15) is 0 Å². The third-order valence-electron chi connectivity index (χ3n) is 9.06. The fourth-order valence-electron chi connectivity index (χ4n) is 6.88. The van der Waals surface area contributed by atoms with E-state index in [2.05, 4.69) is 181 Å². The minimum atomic E-state index is 1.13. The second-order valence-corrected chi connectivity index (χ2v) is 12.7. The molecule has 8 aromatic carbocycles. The molecule has 1 heterocycles. The molecule has 0 aliphatic rings. The first-order chi connectivity index (χ1) is 22.8. The fourth-order valence-corrected chi connectivity index (χ4v) is 8.24. The Morgan fingerprint density at radius 1 is 0.304 bits per heavy atom. The molecule has 0 N–H and O–H groups in total. The third kappa shape index (κ3) is 4.38. The van der Waals surface area contributed by atoms with Crippen molar-refractivity contribution in [1.29, 1.82) is 0 Å². The summed E-state index contributed by atoms with van der Waals surface area (Å²) >= 11 is 1.91. The van der Waals surface area contributed by atoms with Gasteiger partial charge in [-0.25, -0.2) is 0 Å². The van der Waals surface area contributed by atoms with Crippen LogP contribution in [0.25, 0.3) is 64.0 Å². The average molecular weight is 604 g/mol. The Kier molecular flexibility index (Phi) is 6.40. The number of thiophene rings is 1. The zero-order valence-corrected chi connectivity index (χ0v) is 25.9. The number of anilines is 3. The minimum Gasteiger partial charge on any atom is -0.309 e. The minimum absolute atomic E-state index is 1.13. The van der Waals surface area contributed by atoms with Gasteiger partial charge in [0.25, 0.3) is 0 Å². The molecule has 0 spiro atoms. The van der Waals surface area contributed by atoms with E-state index >= 15 is 0 Å². The molecule has 0 amide bonds. The van der Waals surface area contributed by atoms with Crippen LogP contribution in [0.3, 0.4) is 0 Å². The van der Waals surface area contributed by atoms with Gasteiger partial charge in [-0.3, -0.25) is 0 Å². The molecular formula is C44H29NS. The van der Waals surface area contributed by atoms with Crippen molar-refractivity contribution in [1.82, 2.24) is 0 Å². The van der Waals surface area contributed by atoms with E-state index in [0.717, 1.165) is 11.4 Å². The predicted molar refractivity (Wildman–Crippen MR) is 200 cm³/mol. The average Bonchev–Trinajstić information content (AvgIpc) is 3.54. The molecule has 0 atom stereocenters. The van der Waals surface area contributed by atoms with Crippen molar-refractivity contribution in [3.8, 4) is 22.3 Å². The van der Waals surface area contributed by atoms with Gasteiger partial charge in [0.05, 0.1) is 10.4 Å². The second kappa shape index (κ2) is 11.0. The summed E-state index contributed by atoms with van der Waals surface area (Å²) in [4.78, 5) is 2.42. The van der Waals surface area contributed by atoms with Crippen LogP contribution in [-0.4, -0.2) is 0 Å². The Morgan fingerprint density at radius 2 is 0.739 bits per heavy atom. The van der Waals surface area contributed by atoms with E-state index in [0.29, 0.717) is 0 Å². The van der Waals surface area contributed by atoms with Gasteiger partial charge in [-0.15, -0.1) is 11.3 Å². The van der Waals surface area contributed by atoms with Crippen molar-refractivity contribution in [2.24, 2.45) is 0 Å². The van der Waals surface area contributed by atoms with Gasteiger partial charge in [0.15, 0.2) is 0 Å². The Balaban J connectivity index is 1.28. The maximum absolute atomic E-state index is 2.42. The first-order valence-corrected chi connectivity index (χ1v) is 16.5. The lowest BCUT2D eigenvalue weighted by Gasteiger charge is -2.26. The summed E-state index contributed by atoms with van der Waals surface area (Å²) in [6.07, 6.45) is 0. The number of hydrogen-bond donors (Lipinski definition) is 0. The Morgan fingerprint density at radius 3 is 1.30 bits per heavy atom. The van der Waals surface area contributed by atoms with Crippen molar-refractivity contribution in [2.75, 3.05) is 4.90 Å². The number of rotatable bonds is 5. The second-order valence-electron chi connectivity index (χ2n) is 11.7. The smallest absolute Gasteiger partial charge is 0.0640 e. The molecule has 0 radical (unpaired) electrons. The fraction of sp³-hybridized carbons (Fsp3) is 0. The Labute approximate surface area is 272 Å². The molecule has 216 valence electrons. The number of nitrogens with zero attached hydrogens (tertiary/aromatic N) is 1. The van der Waals surface area contributed by atoms with Gasteiger partial charge in [-0.2, -0.15) is 0 Å². The zero-order chi connectivity index (χ0) is 30.5. The van der Waals surface area contributed by atoms with Crippen molar-refractivity contribution in [2.45, 2.75) is 0 Å². The first kappa shape index (κ1) is 26.7. The summed E-state index contributed by atoms with van der Waals surface area (Å²) in [5, 5.41) is 7.88. The topological polar surface area (TPSA) is 3.24 Å². The molecule has 0 bridgehead atoms. The van der Waals surface area contributed by atoms with Crippen LogP contribution in [0.2, 0.25) is 0 Å². The summed E-state index contributed by atoms with van der Waals surface area (Å²) in [7, 11) is 0. The van der Waals surface area contributed by atoms with E-state index in [9.17, 15) is 0 Å². The molecule has 0 aliphatic heterocycles. The van der Waals surface area contributed by atoms with Crippen molar-refractivity contribution >= 4 is 70.1 Å². The van der Waals surface area contributed by atoms with Crippen LogP contribution in [0.4, 0.5) is 17.1 Å². The number of benzene rings is 8. The van der Waals surface area contributed by atoms with Crippen LogP contribution in [0.5, 0.6) is 0 Å². The van der Waals surface area contributed by atoms with Crippen LogP contribution in [0, 0.1) is 0 Å². The molecule has 46 heavy (non-hydrogen) atoms. The van der Waals surface area contributed by atoms with Crippen LogP contribution in [0.15, 0.2) is 176 Å². The van der Waals surface area contributed by atoms with Crippen LogP contribution in [-0.2, 0) is 0 Å². The first-order valence-electron chi connectivity index (χ1n) is 15.7. The third-order valence-corrected chi connectivity index (χ3v) is 10.3. The normalized spacial score (nSPS) is 11.5. The van der Waals surface area contributed by atoms with Gasteiger partial charge in [-0.05, 0) is 68.7 Å². The standard InChI is InChI=1S/C44H29NS/c1-3-12-30(13-4-1)32-22-26-34(27-23-32)45(35-28-24-33(25-29-35)31-14-5-2-6-15-31)41-21-11-20-40-42-38-18-9-7-16-36(38)37-17-8-10-19-39(37)44(42)46-43(40)41/h1-29H. The molecule has 0 aliphatic carbocycles. The monoisotopic (exact) mass is 603 g/mol. The van der Waals surface area contributed by atoms with Crippen LogP contribution >= 0.6 is 11.3 Å². The summed E-state index contributed by atoms with van der Waals surface area (Å²) in [6, 6.07) is 63.7. The highest BCUT2D eigenvalue weighted by Crippen LogP contribution is 2.49. The maximum Gasteiger partial charge on any atom is 0.0640 e. The predicted octanol–water partition coefficient (Wildman–Crippen LogP) is 13.2. The molecule has 9 rings (SSSR count). The van der Waals surface area contributed by atoms with Crippen molar-refractivity contribution < 1.29 is 0 Å². The highest BCUT2D eigenvalue weighted by Gasteiger charge is 2.20. The Bertz CT molecular complexity index is 2410. The molecule has 2 heteroatoms. The van der Waals surface area contributed by atoms with Gasteiger partial charge >= 0.3 is 0 Å². The molecule has 9 aromatic rings. The highest BCUT2D eigenvalue weighted by atomic mass is 32.1. The lowest BCUT2D eigenvalue weighted by atomic mass is 9.97. The van der Waals surface area contributed by atoms with Gasteiger partial charge in [0.2, 0.25) is 0 Å². The Hall–Kier alpha value is -5.70.